The predicted molar refractivity (Wildman–Crippen MR) is 67.6 cm³/mol. The predicted octanol–water partition coefficient (Wildman–Crippen LogP) is 2.35. The Hall–Kier alpha value is -1.58. The van der Waals surface area contributed by atoms with Crippen LogP contribution in [0.25, 0.3) is 0 Å². The van der Waals surface area contributed by atoms with Crippen molar-refractivity contribution in [2.75, 3.05) is 6.61 Å². The SMILES string of the molecule is CCOC(=O)CCCn1ccc2c1CCCC2=O. The van der Waals surface area contributed by atoms with Crippen molar-refractivity contribution in [1.82, 2.24) is 4.57 Å². The highest BCUT2D eigenvalue weighted by Gasteiger charge is 2.20. The van der Waals surface area contributed by atoms with Gasteiger partial charge < -0.3 is 9.30 Å². The largest absolute Gasteiger partial charge is 0.466 e. The molecule has 0 unspecified atom stereocenters. The van der Waals surface area contributed by atoms with Gasteiger partial charge in [0, 0.05) is 36.8 Å². The minimum Gasteiger partial charge on any atom is -0.466 e. The molecular weight excluding hydrogens is 230 g/mol. The van der Waals surface area contributed by atoms with Crippen LogP contribution < -0.4 is 0 Å². The molecule has 4 nitrogen and oxygen atoms in total. The molecule has 4 heteroatoms. The van der Waals surface area contributed by atoms with Crippen LogP contribution in [0.15, 0.2) is 12.3 Å². The van der Waals surface area contributed by atoms with Crippen LogP contribution in [0.4, 0.5) is 0 Å². The highest BCUT2D eigenvalue weighted by molar-refractivity contribution is 5.98. The van der Waals surface area contributed by atoms with E-state index in [9.17, 15) is 9.59 Å². The lowest BCUT2D eigenvalue weighted by molar-refractivity contribution is -0.143. The van der Waals surface area contributed by atoms with Crippen LogP contribution in [0.5, 0.6) is 0 Å². The summed E-state index contributed by atoms with van der Waals surface area (Å²) in [5.41, 5.74) is 2.01. The normalized spacial score (nSPS) is 14.4. The molecule has 98 valence electrons. The summed E-state index contributed by atoms with van der Waals surface area (Å²) in [5.74, 6) is 0.106. The maximum Gasteiger partial charge on any atom is 0.305 e. The molecule has 1 aliphatic carbocycles. The van der Waals surface area contributed by atoms with E-state index in [-0.39, 0.29) is 11.8 Å². The third-order valence-electron chi connectivity index (χ3n) is 3.28. The minimum atomic E-state index is -0.144. The summed E-state index contributed by atoms with van der Waals surface area (Å²) >= 11 is 0. The van der Waals surface area contributed by atoms with E-state index in [0.29, 0.717) is 19.4 Å². The van der Waals surface area contributed by atoms with E-state index < -0.39 is 0 Å². The van der Waals surface area contributed by atoms with Crippen molar-refractivity contribution in [2.45, 2.75) is 45.6 Å². The number of ketones is 1. The first kappa shape index (κ1) is 12.9. The molecule has 0 spiro atoms. The number of hydrogen-bond acceptors (Lipinski definition) is 3. The van der Waals surface area contributed by atoms with Crippen molar-refractivity contribution >= 4 is 11.8 Å². The molecule has 0 radical (unpaired) electrons. The van der Waals surface area contributed by atoms with Gasteiger partial charge in [0.15, 0.2) is 5.78 Å². The van der Waals surface area contributed by atoms with Gasteiger partial charge in [0.05, 0.1) is 6.61 Å². The minimum absolute atomic E-state index is 0.144. The van der Waals surface area contributed by atoms with E-state index in [1.807, 2.05) is 19.2 Å². The van der Waals surface area contributed by atoms with Gasteiger partial charge in [-0.15, -0.1) is 0 Å². The first-order valence-corrected chi connectivity index (χ1v) is 6.59. The Morgan fingerprint density at radius 1 is 1.44 bits per heavy atom. The molecule has 18 heavy (non-hydrogen) atoms. The van der Waals surface area contributed by atoms with Gasteiger partial charge in [0.2, 0.25) is 0 Å². The van der Waals surface area contributed by atoms with Crippen LogP contribution in [0.3, 0.4) is 0 Å². The molecule has 0 saturated carbocycles. The van der Waals surface area contributed by atoms with E-state index in [2.05, 4.69) is 4.57 Å². The highest BCUT2D eigenvalue weighted by Crippen LogP contribution is 2.22. The van der Waals surface area contributed by atoms with E-state index in [4.69, 9.17) is 4.74 Å². The van der Waals surface area contributed by atoms with Crippen molar-refractivity contribution in [3.05, 3.63) is 23.5 Å². The second-order valence-electron chi connectivity index (χ2n) is 4.55. The maximum atomic E-state index is 11.7. The van der Waals surface area contributed by atoms with Crippen LogP contribution in [0.2, 0.25) is 0 Å². The molecule has 2 rings (SSSR count). The first-order valence-electron chi connectivity index (χ1n) is 6.59. The molecule has 1 aromatic heterocycles. The van der Waals surface area contributed by atoms with Crippen molar-refractivity contribution in [3.63, 3.8) is 0 Å². The third kappa shape index (κ3) is 2.81. The summed E-state index contributed by atoms with van der Waals surface area (Å²) in [6.07, 6.45) is 5.73. The molecule has 0 aliphatic heterocycles. The number of nitrogens with zero attached hydrogens (tertiary/aromatic N) is 1. The second-order valence-corrected chi connectivity index (χ2v) is 4.55. The van der Waals surface area contributed by atoms with Crippen molar-refractivity contribution in [1.29, 1.82) is 0 Å². The lowest BCUT2D eigenvalue weighted by Gasteiger charge is -2.14. The Bertz CT molecular complexity index is 448. The summed E-state index contributed by atoms with van der Waals surface area (Å²) in [6, 6.07) is 1.90. The fourth-order valence-electron chi connectivity index (χ4n) is 2.42. The van der Waals surface area contributed by atoms with Crippen molar-refractivity contribution in [2.24, 2.45) is 0 Å². The number of aromatic nitrogens is 1. The van der Waals surface area contributed by atoms with E-state index in [1.54, 1.807) is 0 Å². The fourth-order valence-corrected chi connectivity index (χ4v) is 2.42. The average Bonchev–Trinajstić information content (AvgIpc) is 2.75. The van der Waals surface area contributed by atoms with Gasteiger partial charge >= 0.3 is 5.97 Å². The van der Waals surface area contributed by atoms with Crippen LogP contribution in [0, 0.1) is 0 Å². The van der Waals surface area contributed by atoms with Gasteiger partial charge in [0.1, 0.15) is 0 Å². The molecule has 0 N–H and O–H groups in total. The Kier molecular flexibility index (Phi) is 4.18. The van der Waals surface area contributed by atoms with E-state index in [0.717, 1.165) is 37.1 Å². The monoisotopic (exact) mass is 249 g/mol. The Morgan fingerprint density at radius 3 is 3.06 bits per heavy atom. The molecule has 0 fully saturated rings. The summed E-state index contributed by atoms with van der Waals surface area (Å²) in [6.45, 7) is 3.03. The summed E-state index contributed by atoms with van der Waals surface area (Å²) in [5, 5.41) is 0. The van der Waals surface area contributed by atoms with Gasteiger partial charge in [-0.2, -0.15) is 0 Å². The van der Waals surface area contributed by atoms with Crippen LogP contribution >= 0.6 is 0 Å². The van der Waals surface area contributed by atoms with Gasteiger partial charge in [-0.3, -0.25) is 9.59 Å². The number of Topliss-reactive ketones (excluding diaryl/α,β-unsaturated/α-hetero) is 1. The third-order valence-corrected chi connectivity index (χ3v) is 3.28. The summed E-state index contributed by atoms with van der Waals surface area (Å²) < 4.78 is 6.99. The number of esters is 1. The molecule has 0 amide bonds. The lowest BCUT2D eigenvalue weighted by atomic mass is 9.97. The Morgan fingerprint density at radius 2 is 2.28 bits per heavy atom. The zero-order valence-electron chi connectivity index (χ0n) is 10.8. The van der Waals surface area contributed by atoms with Gasteiger partial charge in [-0.05, 0) is 32.3 Å². The topological polar surface area (TPSA) is 48.3 Å². The van der Waals surface area contributed by atoms with Crippen molar-refractivity contribution < 1.29 is 14.3 Å². The number of carbonyl (C=O) groups is 2. The number of hydrogen-bond donors (Lipinski definition) is 0. The summed E-state index contributed by atoms with van der Waals surface area (Å²) in [4.78, 5) is 22.9. The molecule has 0 aromatic carbocycles. The number of rotatable bonds is 5. The maximum absolute atomic E-state index is 11.7. The van der Waals surface area contributed by atoms with Gasteiger partial charge in [-0.1, -0.05) is 0 Å². The van der Waals surface area contributed by atoms with E-state index >= 15 is 0 Å². The highest BCUT2D eigenvalue weighted by atomic mass is 16.5. The molecular formula is C14H19NO3. The quantitative estimate of drug-likeness (QED) is 0.753. The first-order chi connectivity index (χ1) is 8.72. The Labute approximate surface area is 107 Å². The summed E-state index contributed by atoms with van der Waals surface area (Å²) in [7, 11) is 0. The second kappa shape index (κ2) is 5.85. The number of carbonyl (C=O) groups excluding carboxylic acids is 2. The molecule has 1 heterocycles. The van der Waals surface area contributed by atoms with Crippen LogP contribution in [0.1, 0.15) is 48.7 Å². The lowest BCUT2D eigenvalue weighted by Crippen LogP contribution is -2.13. The number of fused-ring (bicyclic) bond motifs is 1. The molecule has 1 aliphatic rings. The molecule has 1 aromatic rings. The van der Waals surface area contributed by atoms with Gasteiger partial charge in [-0.25, -0.2) is 0 Å². The molecule has 0 bridgehead atoms. The molecule has 0 atom stereocenters. The zero-order chi connectivity index (χ0) is 13.0. The van der Waals surface area contributed by atoms with Crippen LogP contribution in [-0.4, -0.2) is 22.9 Å². The smallest absolute Gasteiger partial charge is 0.305 e. The van der Waals surface area contributed by atoms with Crippen molar-refractivity contribution in [3.8, 4) is 0 Å². The molecule has 0 saturated heterocycles. The number of ether oxygens (including phenoxy) is 1. The standard InChI is InChI=1S/C14H19NO3/c1-2-18-14(17)7-4-9-15-10-8-11-12(15)5-3-6-13(11)16/h8,10H,2-7,9H2,1H3. The van der Waals surface area contributed by atoms with E-state index in [1.165, 1.54) is 0 Å². The van der Waals surface area contributed by atoms with Gasteiger partial charge in [0.25, 0.3) is 0 Å². The Balaban J connectivity index is 1.91. The zero-order valence-corrected chi connectivity index (χ0v) is 10.8. The fraction of sp³-hybridized carbons (Fsp3) is 0.571. The number of aryl methyl sites for hydroxylation is 1. The average molecular weight is 249 g/mol. The van der Waals surface area contributed by atoms with Crippen LogP contribution in [-0.2, 0) is 22.5 Å².